The maximum absolute atomic E-state index is 13.3. The van der Waals surface area contributed by atoms with Crippen LogP contribution in [0.15, 0.2) is 41.4 Å². The molecule has 0 aliphatic rings. The molecule has 0 fully saturated rings. The van der Waals surface area contributed by atoms with Crippen LogP contribution in [0.25, 0.3) is 10.9 Å². The van der Waals surface area contributed by atoms with Gasteiger partial charge >= 0.3 is 0 Å². The highest BCUT2D eigenvalue weighted by molar-refractivity contribution is 9.08. The molecule has 0 radical (unpaired) electrons. The zero-order chi connectivity index (χ0) is 17.6. The predicted molar refractivity (Wildman–Crippen MR) is 103 cm³/mol. The van der Waals surface area contributed by atoms with E-state index in [0.29, 0.717) is 4.90 Å². The van der Waals surface area contributed by atoms with Crippen molar-refractivity contribution in [2.24, 2.45) is 0 Å². The summed E-state index contributed by atoms with van der Waals surface area (Å²) in [5.41, 5.74) is 5.44. The largest absolute Gasteiger partial charge is 0.268 e. The fourth-order valence-corrected chi connectivity index (χ4v) is 5.55. The second kappa shape index (κ2) is 6.05. The van der Waals surface area contributed by atoms with Gasteiger partial charge in [-0.05, 0) is 62.1 Å². The number of hydrogen-bond acceptors (Lipinski definition) is 2. The van der Waals surface area contributed by atoms with Crippen molar-refractivity contribution in [3.63, 3.8) is 0 Å². The molecule has 0 amide bonds. The van der Waals surface area contributed by atoms with Gasteiger partial charge in [-0.25, -0.2) is 12.4 Å². The van der Waals surface area contributed by atoms with E-state index in [4.69, 9.17) is 0 Å². The lowest BCUT2D eigenvalue weighted by molar-refractivity contribution is 0.587. The van der Waals surface area contributed by atoms with Gasteiger partial charge < -0.3 is 0 Å². The molecule has 1 heterocycles. The second-order valence-corrected chi connectivity index (χ2v) is 8.64. The maximum atomic E-state index is 13.3. The molecule has 0 saturated heterocycles. The molecule has 3 rings (SSSR count). The highest BCUT2D eigenvalue weighted by Gasteiger charge is 2.24. The first kappa shape index (κ1) is 17.2. The van der Waals surface area contributed by atoms with E-state index in [2.05, 4.69) is 15.9 Å². The van der Waals surface area contributed by atoms with E-state index < -0.39 is 10.0 Å². The average Bonchev–Trinajstić information content (AvgIpc) is 2.83. The van der Waals surface area contributed by atoms with E-state index in [1.165, 1.54) is 3.97 Å². The van der Waals surface area contributed by atoms with Gasteiger partial charge in [0.2, 0.25) is 0 Å². The first-order valence-corrected chi connectivity index (χ1v) is 10.3. The number of benzene rings is 2. The van der Waals surface area contributed by atoms with Gasteiger partial charge in [-0.3, -0.25) is 0 Å². The van der Waals surface area contributed by atoms with E-state index in [1.807, 2.05) is 58.0 Å². The van der Waals surface area contributed by atoms with Gasteiger partial charge in [0, 0.05) is 16.9 Å². The number of alkyl halides is 1. The molecular formula is C19H20BrNO2S. The summed E-state index contributed by atoms with van der Waals surface area (Å²) >= 11 is 3.45. The van der Waals surface area contributed by atoms with Crippen LogP contribution in [0.2, 0.25) is 0 Å². The SMILES string of the molecule is Cc1cc(C)c(S(=O)(=O)n2cc(C)c3cc(CBr)ccc32)c(C)c1. The van der Waals surface area contributed by atoms with E-state index >= 15 is 0 Å². The van der Waals surface area contributed by atoms with Gasteiger partial charge in [0.25, 0.3) is 10.0 Å². The second-order valence-electron chi connectivity index (χ2n) is 6.33. The summed E-state index contributed by atoms with van der Waals surface area (Å²) in [6.45, 7) is 7.64. The number of fused-ring (bicyclic) bond motifs is 1. The highest BCUT2D eigenvalue weighted by atomic mass is 79.9. The molecule has 0 saturated carbocycles. The van der Waals surface area contributed by atoms with Crippen molar-refractivity contribution >= 4 is 36.9 Å². The molecule has 0 N–H and O–H groups in total. The first-order chi connectivity index (χ1) is 11.3. The van der Waals surface area contributed by atoms with Crippen LogP contribution >= 0.6 is 15.9 Å². The average molecular weight is 406 g/mol. The smallest absolute Gasteiger partial charge is 0.241 e. The highest BCUT2D eigenvalue weighted by Crippen LogP contribution is 2.30. The lowest BCUT2D eigenvalue weighted by atomic mass is 10.1. The predicted octanol–water partition coefficient (Wildman–Crippen LogP) is 5.01. The number of aromatic nitrogens is 1. The monoisotopic (exact) mass is 405 g/mol. The molecule has 5 heteroatoms. The van der Waals surface area contributed by atoms with Crippen molar-refractivity contribution in [2.45, 2.75) is 37.9 Å². The minimum absolute atomic E-state index is 0.398. The van der Waals surface area contributed by atoms with Crippen molar-refractivity contribution in [3.05, 3.63) is 64.3 Å². The van der Waals surface area contributed by atoms with E-state index in [-0.39, 0.29) is 0 Å². The summed E-state index contributed by atoms with van der Waals surface area (Å²) in [6.07, 6.45) is 1.72. The Morgan fingerprint density at radius 2 is 1.58 bits per heavy atom. The van der Waals surface area contributed by atoms with Crippen molar-refractivity contribution < 1.29 is 8.42 Å². The molecule has 2 aromatic carbocycles. The number of hydrogen-bond donors (Lipinski definition) is 0. The molecule has 24 heavy (non-hydrogen) atoms. The lowest BCUT2D eigenvalue weighted by Gasteiger charge is -2.14. The molecule has 0 bridgehead atoms. The summed E-state index contributed by atoms with van der Waals surface area (Å²) in [5, 5.41) is 1.72. The van der Waals surface area contributed by atoms with Crippen molar-refractivity contribution in [1.82, 2.24) is 3.97 Å². The van der Waals surface area contributed by atoms with Gasteiger partial charge in [0.1, 0.15) is 0 Å². The Balaban J connectivity index is 2.31. The van der Waals surface area contributed by atoms with Crippen molar-refractivity contribution in [2.75, 3.05) is 0 Å². The van der Waals surface area contributed by atoms with Gasteiger partial charge in [0.15, 0.2) is 0 Å². The third kappa shape index (κ3) is 2.70. The Labute approximate surface area is 151 Å². The fourth-order valence-electron chi connectivity index (χ4n) is 3.36. The Morgan fingerprint density at radius 3 is 2.17 bits per heavy atom. The summed E-state index contributed by atoms with van der Waals surface area (Å²) in [5.74, 6) is 0. The van der Waals surface area contributed by atoms with Gasteiger partial charge in [0.05, 0.1) is 10.4 Å². The van der Waals surface area contributed by atoms with Crippen LogP contribution in [-0.2, 0) is 15.4 Å². The number of halogens is 1. The van der Waals surface area contributed by atoms with Crippen LogP contribution in [0.5, 0.6) is 0 Å². The molecule has 0 unspecified atom stereocenters. The molecule has 3 nitrogen and oxygen atoms in total. The molecule has 0 spiro atoms. The molecule has 126 valence electrons. The Kier molecular flexibility index (Phi) is 4.34. The van der Waals surface area contributed by atoms with Crippen LogP contribution in [-0.4, -0.2) is 12.4 Å². The maximum Gasteiger partial charge on any atom is 0.268 e. The Morgan fingerprint density at radius 1 is 0.958 bits per heavy atom. The number of aryl methyl sites for hydroxylation is 4. The molecule has 3 aromatic rings. The molecule has 0 aliphatic carbocycles. The summed E-state index contributed by atoms with van der Waals surface area (Å²) in [7, 11) is -3.64. The summed E-state index contributed by atoms with van der Waals surface area (Å²) in [4.78, 5) is 0.398. The van der Waals surface area contributed by atoms with E-state index in [0.717, 1.165) is 44.1 Å². The minimum atomic E-state index is -3.64. The zero-order valence-electron chi connectivity index (χ0n) is 14.2. The quantitative estimate of drug-likeness (QED) is 0.574. The third-order valence-corrected chi connectivity index (χ3v) is 6.94. The van der Waals surface area contributed by atoms with Crippen LogP contribution in [0.3, 0.4) is 0 Å². The van der Waals surface area contributed by atoms with Crippen molar-refractivity contribution in [1.29, 1.82) is 0 Å². The third-order valence-electron chi connectivity index (χ3n) is 4.31. The number of nitrogens with zero attached hydrogens (tertiary/aromatic N) is 1. The van der Waals surface area contributed by atoms with Crippen LogP contribution in [0, 0.1) is 27.7 Å². The minimum Gasteiger partial charge on any atom is -0.241 e. The topological polar surface area (TPSA) is 39.1 Å². The van der Waals surface area contributed by atoms with Gasteiger partial charge in [-0.2, -0.15) is 0 Å². The lowest BCUT2D eigenvalue weighted by Crippen LogP contribution is -2.15. The van der Waals surface area contributed by atoms with Crippen molar-refractivity contribution in [3.8, 4) is 0 Å². The Hall–Kier alpha value is -1.59. The summed E-state index contributed by atoms with van der Waals surface area (Å²) < 4.78 is 28.1. The first-order valence-electron chi connectivity index (χ1n) is 7.75. The van der Waals surface area contributed by atoms with Gasteiger partial charge in [-0.1, -0.05) is 39.7 Å². The molecule has 0 atom stereocenters. The standard InChI is InChI=1S/C19H20BrNO2S/c1-12-7-13(2)19(14(3)8-12)24(22,23)21-11-15(4)17-9-16(10-20)5-6-18(17)21/h5-9,11H,10H2,1-4H3. The number of rotatable bonds is 3. The molecular weight excluding hydrogens is 386 g/mol. The van der Waals surface area contributed by atoms with Crippen LogP contribution in [0.4, 0.5) is 0 Å². The fraction of sp³-hybridized carbons (Fsp3) is 0.263. The van der Waals surface area contributed by atoms with E-state index in [9.17, 15) is 8.42 Å². The summed E-state index contributed by atoms with van der Waals surface area (Å²) in [6, 6.07) is 9.72. The normalized spacial score (nSPS) is 12.0. The Bertz CT molecular complexity index is 1030. The molecule has 0 aliphatic heterocycles. The van der Waals surface area contributed by atoms with E-state index in [1.54, 1.807) is 6.20 Å². The van der Waals surface area contributed by atoms with Crippen LogP contribution in [0.1, 0.15) is 27.8 Å². The van der Waals surface area contributed by atoms with Gasteiger partial charge in [-0.15, -0.1) is 0 Å². The zero-order valence-corrected chi connectivity index (χ0v) is 16.6. The van der Waals surface area contributed by atoms with Crippen LogP contribution < -0.4 is 0 Å². The molecule has 1 aromatic heterocycles.